The third-order valence-electron chi connectivity index (χ3n) is 7.14. The van der Waals surface area contributed by atoms with Gasteiger partial charge in [0, 0.05) is 12.1 Å². The topological polar surface area (TPSA) is 88.1 Å². The van der Waals surface area contributed by atoms with Gasteiger partial charge in [-0.1, -0.05) is 48.5 Å². The fraction of sp³-hybridized carbons (Fsp3) is 0.310. The fourth-order valence-corrected chi connectivity index (χ4v) is 5.08. The van der Waals surface area contributed by atoms with Crippen LogP contribution in [0.5, 0.6) is 5.75 Å². The van der Waals surface area contributed by atoms with Crippen molar-refractivity contribution in [3.63, 3.8) is 0 Å². The lowest BCUT2D eigenvalue weighted by molar-refractivity contribution is -0.0336. The Morgan fingerprint density at radius 3 is 2.43 bits per heavy atom. The molecule has 192 valence electrons. The Morgan fingerprint density at radius 1 is 1.00 bits per heavy atom. The van der Waals surface area contributed by atoms with Crippen LogP contribution in [0.2, 0.25) is 0 Å². The molecule has 3 aliphatic heterocycles. The number of piperidine rings is 3. The van der Waals surface area contributed by atoms with Crippen molar-refractivity contribution in [3.8, 4) is 5.75 Å². The third-order valence-corrected chi connectivity index (χ3v) is 7.14. The van der Waals surface area contributed by atoms with Crippen molar-refractivity contribution in [3.05, 3.63) is 101 Å². The summed E-state index contributed by atoms with van der Waals surface area (Å²) >= 11 is 0. The van der Waals surface area contributed by atoms with Crippen molar-refractivity contribution in [1.29, 1.82) is 0 Å². The number of carboxylic acid groups (broad SMARTS) is 1. The van der Waals surface area contributed by atoms with Gasteiger partial charge in [0.15, 0.2) is 0 Å². The molecule has 1 amide bonds. The number of nitrogens with zero attached hydrogens (tertiary/aromatic N) is 1. The monoisotopic (exact) mass is 504 g/mol. The van der Waals surface area contributed by atoms with Crippen molar-refractivity contribution in [2.24, 2.45) is 5.92 Å². The van der Waals surface area contributed by atoms with E-state index < -0.39 is 23.9 Å². The highest BCUT2D eigenvalue weighted by atomic mass is 19.1. The molecule has 0 aliphatic carbocycles. The summed E-state index contributed by atoms with van der Waals surface area (Å²) in [5.41, 5.74) is 1.80. The van der Waals surface area contributed by atoms with Gasteiger partial charge in [0.05, 0.1) is 11.6 Å². The van der Waals surface area contributed by atoms with Gasteiger partial charge >= 0.3 is 12.1 Å². The number of ether oxygens (including phenoxy) is 2. The van der Waals surface area contributed by atoms with Gasteiger partial charge in [-0.05, 0) is 67.2 Å². The fourth-order valence-electron chi connectivity index (χ4n) is 5.08. The Bertz CT molecular complexity index is 1260. The minimum absolute atomic E-state index is 0.0692. The van der Waals surface area contributed by atoms with E-state index in [9.17, 15) is 14.0 Å². The SMILES string of the molecule is O=C(N[C@@H](c1ccccc1)c1cccc(OCc2ccc(C(=O)O)cc2F)c1)O[C@H]1CN2CCC1CC2. The van der Waals surface area contributed by atoms with Crippen LogP contribution in [-0.4, -0.2) is 47.8 Å². The van der Waals surface area contributed by atoms with Crippen LogP contribution in [0.4, 0.5) is 9.18 Å². The minimum atomic E-state index is -1.19. The van der Waals surface area contributed by atoms with E-state index in [-0.39, 0.29) is 23.8 Å². The largest absolute Gasteiger partial charge is 0.489 e. The zero-order chi connectivity index (χ0) is 25.8. The zero-order valence-corrected chi connectivity index (χ0v) is 20.3. The van der Waals surface area contributed by atoms with E-state index in [4.69, 9.17) is 14.6 Å². The first-order valence-electron chi connectivity index (χ1n) is 12.4. The molecular weight excluding hydrogens is 475 g/mol. The first-order chi connectivity index (χ1) is 18.0. The van der Waals surface area contributed by atoms with Crippen LogP contribution in [0.1, 0.15) is 45.9 Å². The summed E-state index contributed by atoms with van der Waals surface area (Å²) in [5.74, 6) is -0.929. The smallest absolute Gasteiger partial charge is 0.408 e. The molecule has 0 saturated carbocycles. The van der Waals surface area contributed by atoms with Gasteiger partial charge in [-0.2, -0.15) is 0 Å². The van der Waals surface area contributed by atoms with Crippen molar-refractivity contribution >= 4 is 12.1 Å². The minimum Gasteiger partial charge on any atom is -0.489 e. The number of hydrogen-bond donors (Lipinski definition) is 2. The van der Waals surface area contributed by atoms with Crippen LogP contribution < -0.4 is 10.1 Å². The molecule has 3 aliphatic rings. The predicted molar refractivity (Wildman–Crippen MR) is 135 cm³/mol. The summed E-state index contributed by atoms with van der Waals surface area (Å²) in [6, 6.07) is 20.1. The Labute approximate surface area is 214 Å². The number of carbonyl (C=O) groups excluding carboxylic acids is 1. The Morgan fingerprint density at radius 2 is 1.76 bits per heavy atom. The van der Waals surface area contributed by atoms with E-state index in [1.165, 1.54) is 12.1 Å². The first kappa shape index (κ1) is 24.8. The van der Waals surface area contributed by atoms with Crippen LogP contribution in [0.25, 0.3) is 0 Å². The number of rotatable bonds is 8. The number of alkyl carbamates (subject to hydrolysis) is 1. The normalized spacial score (nSPS) is 21.2. The van der Waals surface area contributed by atoms with Gasteiger partial charge in [-0.15, -0.1) is 0 Å². The average Bonchev–Trinajstić information content (AvgIpc) is 2.92. The van der Waals surface area contributed by atoms with Crippen molar-refractivity contribution in [2.45, 2.75) is 31.6 Å². The van der Waals surface area contributed by atoms with Crippen molar-refractivity contribution < 1.29 is 28.6 Å². The second-order valence-electron chi connectivity index (χ2n) is 9.54. The molecular formula is C29H29FN2O5. The molecule has 37 heavy (non-hydrogen) atoms. The van der Waals surface area contributed by atoms with E-state index in [1.54, 1.807) is 12.1 Å². The number of aromatic carboxylic acids is 1. The number of nitrogens with one attached hydrogen (secondary N) is 1. The summed E-state index contributed by atoms with van der Waals surface area (Å²) < 4.78 is 26.0. The molecule has 3 aromatic rings. The molecule has 3 aromatic carbocycles. The van der Waals surface area contributed by atoms with E-state index in [0.717, 1.165) is 49.7 Å². The summed E-state index contributed by atoms with van der Waals surface area (Å²) in [5, 5.41) is 12.1. The molecule has 3 fully saturated rings. The number of fused-ring (bicyclic) bond motifs is 3. The summed E-state index contributed by atoms with van der Waals surface area (Å²) in [6.07, 6.45) is 1.55. The van der Waals surface area contributed by atoms with E-state index >= 15 is 0 Å². The molecule has 8 heteroatoms. The summed E-state index contributed by atoms with van der Waals surface area (Å²) in [4.78, 5) is 26.4. The van der Waals surface area contributed by atoms with Crippen LogP contribution in [0.15, 0.2) is 72.8 Å². The summed E-state index contributed by atoms with van der Waals surface area (Å²) in [6.45, 7) is 2.85. The summed E-state index contributed by atoms with van der Waals surface area (Å²) in [7, 11) is 0. The standard InChI is InChI=1S/C29H29FN2O5/c30-25-16-22(28(33)34)9-10-23(25)18-36-24-8-4-7-21(15-24)27(20-5-2-1-3-6-20)31-29(35)37-26-17-32-13-11-19(26)12-14-32/h1-10,15-16,19,26-27H,11-14,17-18H2,(H,31,35)(H,33,34)/t26-,27-/m0/s1. The third kappa shape index (κ3) is 5.91. The molecule has 0 spiro atoms. The maximum atomic E-state index is 14.3. The Kier molecular flexibility index (Phi) is 7.37. The lowest BCUT2D eigenvalue weighted by Gasteiger charge is -2.43. The number of carboxylic acids is 1. The van der Waals surface area contributed by atoms with Gasteiger partial charge in [-0.25, -0.2) is 14.0 Å². The lowest BCUT2D eigenvalue weighted by atomic mass is 9.86. The van der Waals surface area contributed by atoms with Gasteiger partial charge in [0.25, 0.3) is 0 Å². The van der Waals surface area contributed by atoms with Crippen molar-refractivity contribution in [2.75, 3.05) is 19.6 Å². The Hall–Kier alpha value is -3.91. The van der Waals surface area contributed by atoms with Gasteiger partial charge in [0.1, 0.15) is 24.3 Å². The zero-order valence-electron chi connectivity index (χ0n) is 20.3. The van der Waals surface area contributed by atoms with Gasteiger partial charge in [0.2, 0.25) is 0 Å². The molecule has 7 nitrogen and oxygen atoms in total. The molecule has 3 heterocycles. The quantitative estimate of drug-likeness (QED) is 0.448. The predicted octanol–water partition coefficient (Wildman–Crippen LogP) is 5.01. The van der Waals surface area contributed by atoms with Crippen LogP contribution in [0.3, 0.4) is 0 Å². The average molecular weight is 505 g/mol. The highest BCUT2D eigenvalue weighted by Gasteiger charge is 2.36. The maximum Gasteiger partial charge on any atom is 0.408 e. The van der Waals surface area contributed by atoms with E-state index in [1.807, 2.05) is 42.5 Å². The molecule has 0 radical (unpaired) electrons. The maximum absolute atomic E-state index is 14.3. The number of carbonyl (C=O) groups is 2. The molecule has 0 unspecified atom stereocenters. The van der Waals surface area contributed by atoms with E-state index in [0.29, 0.717) is 11.7 Å². The van der Waals surface area contributed by atoms with Crippen LogP contribution >= 0.6 is 0 Å². The van der Waals surface area contributed by atoms with Gasteiger partial charge < -0.3 is 19.9 Å². The van der Waals surface area contributed by atoms with Crippen LogP contribution in [-0.2, 0) is 11.3 Å². The van der Waals surface area contributed by atoms with Crippen molar-refractivity contribution in [1.82, 2.24) is 10.2 Å². The van der Waals surface area contributed by atoms with Crippen LogP contribution in [0, 0.1) is 11.7 Å². The second-order valence-corrected chi connectivity index (χ2v) is 9.54. The number of benzene rings is 3. The molecule has 6 rings (SSSR count). The highest BCUT2D eigenvalue weighted by molar-refractivity contribution is 5.87. The van der Waals surface area contributed by atoms with Gasteiger partial charge in [-0.3, -0.25) is 4.90 Å². The Balaban J connectivity index is 1.30. The molecule has 0 aromatic heterocycles. The lowest BCUT2D eigenvalue weighted by Crippen LogP contribution is -2.52. The number of halogens is 1. The molecule has 2 N–H and O–H groups in total. The second kappa shape index (κ2) is 11.0. The number of amides is 1. The highest BCUT2D eigenvalue weighted by Crippen LogP contribution is 2.31. The molecule has 3 saturated heterocycles. The molecule has 2 atom stereocenters. The number of hydrogen-bond acceptors (Lipinski definition) is 5. The first-order valence-corrected chi connectivity index (χ1v) is 12.4. The molecule has 2 bridgehead atoms. The van der Waals surface area contributed by atoms with E-state index in [2.05, 4.69) is 10.2 Å².